The standard InChI is InChI=1S/C20H20N2O5S2/c1-14(11-15-5-3-2-4-6-15)12-18(20(24)25)28-13-19(23)22-16-7-9-17(10-8-16)29(21,26)27/h2-12H,13H2,1H3,(H,22,23)(H,24,25)(H2,21,26,27)/b14-11+,18-12+. The third kappa shape index (κ3) is 7.57. The highest BCUT2D eigenvalue weighted by molar-refractivity contribution is 8.04. The van der Waals surface area contributed by atoms with Crippen molar-refractivity contribution in [2.24, 2.45) is 5.14 Å². The predicted molar refractivity (Wildman–Crippen MR) is 115 cm³/mol. The average molecular weight is 433 g/mol. The molecule has 29 heavy (non-hydrogen) atoms. The average Bonchev–Trinajstić information content (AvgIpc) is 2.65. The van der Waals surface area contributed by atoms with Crippen LogP contribution in [0.15, 0.2) is 76.0 Å². The van der Waals surface area contributed by atoms with Gasteiger partial charge in [-0.1, -0.05) is 36.4 Å². The van der Waals surface area contributed by atoms with E-state index in [2.05, 4.69) is 5.32 Å². The smallest absolute Gasteiger partial charge is 0.342 e. The third-order valence-corrected chi connectivity index (χ3v) is 5.53. The van der Waals surface area contributed by atoms with E-state index >= 15 is 0 Å². The Kier molecular flexibility index (Phi) is 7.77. The summed E-state index contributed by atoms with van der Waals surface area (Å²) in [5.41, 5.74) is 2.06. The molecule has 0 saturated carbocycles. The fourth-order valence-corrected chi connectivity index (χ4v) is 3.56. The highest BCUT2D eigenvalue weighted by atomic mass is 32.2. The maximum Gasteiger partial charge on any atom is 0.342 e. The zero-order valence-corrected chi connectivity index (χ0v) is 17.2. The number of allylic oxidation sites excluding steroid dienone is 2. The molecule has 2 aromatic carbocycles. The number of carboxylic acids is 1. The molecule has 0 heterocycles. The molecule has 0 bridgehead atoms. The van der Waals surface area contributed by atoms with Gasteiger partial charge in [-0.2, -0.15) is 0 Å². The number of primary sulfonamides is 1. The Hall–Kier alpha value is -2.88. The lowest BCUT2D eigenvalue weighted by molar-refractivity contribution is -0.131. The highest BCUT2D eigenvalue weighted by Crippen LogP contribution is 2.20. The summed E-state index contributed by atoms with van der Waals surface area (Å²) in [5, 5.41) is 17.0. The normalized spacial score (nSPS) is 12.5. The summed E-state index contributed by atoms with van der Waals surface area (Å²) in [6, 6.07) is 14.8. The number of carbonyl (C=O) groups is 2. The largest absolute Gasteiger partial charge is 0.477 e. The van der Waals surface area contributed by atoms with Gasteiger partial charge in [-0.05, 0) is 48.4 Å². The number of anilines is 1. The van der Waals surface area contributed by atoms with E-state index < -0.39 is 21.9 Å². The summed E-state index contributed by atoms with van der Waals surface area (Å²) in [7, 11) is -3.81. The summed E-state index contributed by atoms with van der Waals surface area (Å²) in [5.74, 6) is -1.66. The molecule has 0 aromatic heterocycles. The molecule has 4 N–H and O–H groups in total. The molecule has 0 radical (unpaired) electrons. The van der Waals surface area contributed by atoms with Crippen LogP contribution in [0.3, 0.4) is 0 Å². The fraction of sp³-hybridized carbons (Fsp3) is 0.100. The molecule has 1 amide bonds. The monoisotopic (exact) mass is 432 g/mol. The van der Waals surface area contributed by atoms with Crippen molar-refractivity contribution in [2.45, 2.75) is 11.8 Å². The Morgan fingerprint density at radius 2 is 1.72 bits per heavy atom. The molecule has 0 unspecified atom stereocenters. The quantitative estimate of drug-likeness (QED) is 0.435. The van der Waals surface area contributed by atoms with E-state index in [1.165, 1.54) is 30.3 Å². The van der Waals surface area contributed by atoms with Crippen molar-refractivity contribution in [2.75, 3.05) is 11.1 Å². The van der Waals surface area contributed by atoms with Crippen LogP contribution in [0.2, 0.25) is 0 Å². The number of rotatable bonds is 8. The van der Waals surface area contributed by atoms with Crippen molar-refractivity contribution in [3.8, 4) is 0 Å². The van der Waals surface area contributed by atoms with Crippen molar-refractivity contribution in [3.63, 3.8) is 0 Å². The second-order valence-electron chi connectivity index (χ2n) is 6.02. The van der Waals surface area contributed by atoms with Crippen LogP contribution in [0.5, 0.6) is 0 Å². The molecule has 152 valence electrons. The van der Waals surface area contributed by atoms with Crippen LogP contribution < -0.4 is 10.5 Å². The van der Waals surface area contributed by atoms with Gasteiger partial charge in [0.05, 0.1) is 15.6 Å². The molecule has 0 fully saturated rings. The van der Waals surface area contributed by atoms with E-state index in [0.717, 1.165) is 22.9 Å². The van der Waals surface area contributed by atoms with Crippen molar-refractivity contribution < 1.29 is 23.1 Å². The van der Waals surface area contributed by atoms with Gasteiger partial charge in [0.2, 0.25) is 15.9 Å². The number of nitrogens with one attached hydrogen (secondary N) is 1. The molecule has 0 aliphatic carbocycles. The van der Waals surface area contributed by atoms with Crippen LogP contribution in [0.4, 0.5) is 5.69 Å². The molecule has 0 aliphatic rings. The van der Waals surface area contributed by atoms with Crippen LogP contribution >= 0.6 is 11.8 Å². The minimum atomic E-state index is -3.81. The SMILES string of the molecule is CC(=C\c1ccccc1)/C=C(/SCC(=O)Nc1ccc(S(N)(=O)=O)cc1)C(=O)O. The van der Waals surface area contributed by atoms with E-state index in [9.17, 15) is 23.1 Å². The number of hydrogen-bond donors (Lipinski definition) is 3. The maximum absolute atomic E-state index is 12.1. The van der Waals surface area contributed by atoms with E-state index in [1.54, 1.807) is 6.92 Å². The van der Waals surface area contributed by atoms with E-state index in [1.807, 2.05) is 36.4 Å². The second kappa shape index (κ2) is 10.1. The summed E-state index contributed by atoms with van der Waals surface area (Å²) in [6.07, 6.45) is 3.35. The van der Waals surface area contributed by atoms with Crippen LogP contribution in [-0.2, 0) is 19.6 Å². The lowest BCUT2D eigenvalue weighted by Gasteiger charge is -2.07. The second-order valence-corrected chi connectivity index (χ2v) is 8.60. The van der Waals surface area contributed by atoms with Gasteiger partial charge in [0.15, 0.2) is 0 Å². The van der Waals surface area contributed by atoms with Crippen molar-refractivity contribution in [3.05, 3.63) is 76.7 Å². The molecule has 7 nitrogen and oxygen atoms in total. The van der Waals surface area contributed by atoms with Crippen molar-refractivity contribution >= 4 is 45.4 Å². The van der Waals surface area contributed by atoms with Gasteiger partial charge in [-0.15, -0.1) is 11.8 Å². The van der Waals surface area contributed by atoms with Gasteiger partial charge >= 0.3 is 5.97 Å². The van der Waals surface area contributed by atoms with Crippen LogP contribution in [-0.4, -0.2) is 31.2 Å². The number of benzene rings is 2. The van der Waals surface area contributed by atoms with Crippen molar-refractivity contribution in [1.82, 2.24) is 0 Å². The lowest BCUT2D eigenvalue weighted by atomic mass is 10.1. The van der Waals surface area contributed by atoms with Gasteiger partial charge in [-0.25, -0.2) is 18.4 Å². The first-order valence-electron chi connectivity index (χ1n) is 8.39. The lowest BCUT2D eigenvalue weighted by Crippen LogP contribution is -2.16. The third-order valence-electron chi connectivity index (χ3n) is 3.59. The Bertz CT molecular complexity index is 1040. The molecule has 0 spiro atoms. The van der Waals surface area contributed by atoms with E-state index in [4.69, 9.17) is 5.14 Å². The number of hydrogen-bond acceptors (Lipinski definition) is 5. The zero-order chi connectivity index (χ0) is 21.4. The highest BCUT2D eigenvalue weighted by Gasteiger charge is 2.12. The van der Waals surface area contributed by atoms with Gasteiger partial charge < -0.3 is 10.4 Å². The first kappa shape index (κ1) is 22.4. The van der Waals surface area contributed by atoms with Crippen LogP contribution in [0.1, 0.15) is 12.5 Å². The number of carboxylic acid groups (broad SMARTS) is 1. The predicted octanol–water partition coefficient (Wildman–Crippen LogP) is 3.08. The number of amides is 1. The molecule has 0 saturated heterocycles. The van der Waals surface area contributed by atoms with Gasteiger partial charge in [-0.3, -0.25) is 4.79 Å². The molecule has 2 aromatic rings. The zero-order valence-electron chi connectivity index (χ0n) is 15.5. The molecular weight excluding hydrogens is 412 g/mol. The number of sulfonamides is 1. The maximum atomic E-state index is 12.1. The first-order valence-corrected chi connectivity index (χ1v) is 10.9. The number of aliphatic carboxylic acids is 1. The van der Waals surface area contributed by atoms with E-state index in [-0.39, 0.29) is 15.6 Å². The molecular formula is C20H20N2O5S2. The summed E-state index contributed by atoms with van der Waals surface area (Å²) in [4.78, 5) is 23.5. The van der Waals surface area contributed by atoms with Gasteiger partial charge in [0, 0.05) is 5.69 Å². The van der Waals surface area contributed by atoms with Gasteiger partial charge in [0.25, 0.3) is 0 Å². The Labute approximate surface area is 173 Å². The number of thioether (sulfide) groups is 1. The molecule has 2 rings (SSSR count). The summed E-state index contributed by atoms with van der Waals surface area (Å²) in [6.45, 7) is 1.78. The van der Waals surface area contributed by atoms with Crippen LogP contribution in [0, 0.1) is 0 Å². The summed E-state index contributed by atoms with van der Waals surface area (Å²) < 4.78 is 22.5. The number of nitrogens with two attached hydrogens (primary N) is 1. The molecule has 0 aliphatic heterocycles. The Morgan fingerprint density at radius 3 is 2.28 bits per heavy atom. The molecule has 0 atom stereocenters. The summed E-state index contributed by atoms with van der Waals surface area (Å²) >= 11 is 0.896. The fourth-order valence-electron chi connectivity index (χ4n) is 2.29. The van der Waals surface area contributed by atoms with Crippen molar-refractivity contribution in [1.29, 1.82) is 0 Å². The number of carbonyl (C=O) groups excluding carboxylic acids is 1. The van der Waals surface area contributed by atoms with E-state index in [0.29, 0.717) is 5.69 Å². The Balaban J connectivity index is 2.00. The first-order chi connectivity index (χ1) is 13.6. The van der Waals surface area contributed by atoms with Gasteiger partial charge in [0.1, 0.15) is 0 Å². The minimum Gasteiger partial charge on any atom is -0.477 e. The molecule has 9 heteroatoms. The topological polar surface area (TPSA) is 127 Å². The van der Waals surface area contributed by atoms with Crippen LogP contribution in [0.25, 0.3) is 6.08 Å². The Morgan fingerprint density at radius 1 is 1.10 bits per heavy atom. The minimum absolute atomic E-state index is 0.0365.